The molecule has 346 valence electrons. The summed E-state index contributed by atoms with van der Waals surface area (Å²) < 4.78 is 24.0. The first-order valence-corrected chi connectivity index (χ1v) is 25.8. The number of fused-ring (bicyclic) bond motifs is 6. The normalized spacial score (nSPS) is 30.0. The van der Waals surface area contributed by atoms with E-state index in [4.69, 9.17) is 18.9 Å². The van der Waals surface area contributed by atoms with Crippen LogP contribution in [0.4, 0.5) is 0 Å². The maximum atomic E-state index is 12.0. The van der Waals surface area contributed by atoms with Crippen LogP contribution in [-0.2, 0) is 32.2 Å². The van der Waals surface area contributed by atoms with Gasteiger partial charge in [-0.15, -0.1) is 0 Å². The molecule has 4 atom stereocenters. The van der Waals surface area contributed by atoms with Crippen LogP contribution in [0.25, 0.3) is 21.5 Å². The van der Waals surface area contributed by atoms with E-state index in [0.717, 1.165) is 98.6 Å². The predicted molar refractivity (Wildman–Crippen MR) is 264 cm³/mol. The third-order valence-corrected chi connectivity index (χ3v) is 17.3. The fourth-order valence-electron chi connectivity index (χ4n) is 12.4. The summed E-state index contributed by atoms with van der Waals surface area (Å²) >= 11 is 2.46. The SMILES string of the molecule is COC(=O)C1CC2CCC(C1)N2Cc1ccc2c(C#N)c(OC3CCC(C)CC3)ccc2c1.COC(=O)C1CC2CCC(C1)N2Cc1ccc2c(I)c(OC3CCC(C)CC3)ccc2c1. The van der Waals surface area contributed by atoms with Crippen LogP contribution < -0.4 is 9.47 Å². The largest absolute Gasteiger partial charge is 0.489 e. The summed E-state index contributed by atoms with van der Waals surface area (Å²) in [5, 5.41) is 14.5. The minimum atomic E-state index is -0.0537. The molecular weight excluding hydrogens is 926 g/mol. The molecule has 0 aromatic heterocycles. The second-order valence-corrected chi connectivity index (χ2v) is 21.6. The van der Waals surface area contributed by atoms with Crippen LogP contribution in [0.5, 0.6) is 11.5 Å². The summed E-state index contributed by atoms with van der Waals surface area (Å²) in [6.07, 6.45) is 18.4. The number of methoxy groups -OCH3 is 2. The van der Waals surface area contributed by atoms with Gasteiger partial charge in [-0.25, -0.2) is 0 Å². The monoisotopic (exact) mass is 993 g/mol. The lowest BCUT2D eigenvalue weighted by Gasteiger charge is -2.38. The first-order valence-electron chi connectivity index (χ1n) is 24.7. The Bertz CT molecular complexity index is 2350. The zero-order valence-electron chi connectivity index (χ0n) is 38.9. The van der Waals surface area contributed by atoms with Crippen LogP contribution in [0.1, 0.15) is 133 Å². The second kappa shape index (κ2) is 20.5. The third kappa shape index (κ3) is 10.3. The summed E-state index contributed by atoms with van der Waals surface area (Å²) in [5.74, 6) is 3.42. The number of hydrogen-bond donors (Lipinski definition) is 0. The maximum Gasteiger partial charge on any atom is 0.308 e. The molecule has 0 radical (unpaired) electrons. The summed E-state index contributed by atoms with van der Waals surface area (Å²) in [7, 11) is 3.01. The van der Waals surface area contributed by atoms with E-state index in [1.54, 1.807) is 0 Å². The van der Waals surface area contributed by atoms with E-state index in [0.29, 0.717) is 35.8 Å². The zero-order chi connectivity index (χ0) is 45.2. The number of esters is 2. The Morgan fingerprint density at radius 3 is 1.45 bits per heavy atom. The van der Waals surface area contributed by atoms with Crippen molar-refractivity contribution < 1.29 is 28.5 Å². The first kappa shape index (κ1) is 46.2. The number of carbonyl (C=O) groups excluding carboxylic acids is 2. The van der Waals surface area contributed by atoms with Crippen molar-refractivity contribution in [3.05, 3.63) is 80.9 Å². The lowest BCUT2D eigenvalue weighted by atomic mass is 9.89. The highest BCUT2D eigenvalue weighted by molar-refractivity contribution is 14.1. The summed E-state index contributed by atoms with van der Waals surface area (Å²) in [5.41, 5.74) is 3.27. The molecule has 4 bridgehead atoms. The Labute approximate surface area is 400 Å². The van der Waals surface area contributed by atoms with E-state index in [1.807, 2.05) is 6.07 Å². The molecule has 4 aromatic carbocycles. The van der Waals surface area contributed by atoms with Gasteiger partial charge >= 0.3 is 11.9 Å². The number of hydrogen-bond acceptors (Lipinski definition) is 9. The lowest BCUT2D eigenvalue weighted by molar-refractivity contribution is -0.149. The van der Waals surface area contributed by atoms with Crippen molar-refractivity contribution in [2.75, 3.05) is 14.2 Å². The molecule has 4 aromatic rings. The van der Waals surface area contributed by atoms with Gasteiger partial charge in [-0.2, -0.15) is 5.26 Å². The van der Waals surface area contributed by atoms with Gasteiger partial charge < -0.3 is 18.9 Å². The molecule has 6 fully saturated rings. The third-order valence-electron chi connectivity index (χ3n) is 16.2. The van der Waals surface area contributed by atoms with Crippen molar-refractivity contribution in [3.8, 4) is 17.6 Å². The molecule has 0 amide bonds. The number of rotatable bonds is 10. The molecule has 6 aliphatic rings. The van der Waals surface area contributed by atoms with Crippen LogP contribution in [0.3, 0.4) is 0 Å². The van der Waals surface area contributed by atoms with Gasteiger partial charge in [-0.05, 0) is 189 Å². The number of carbonyl (C=O) groups is 2. The summed E-state index contributed by atoms with van der Waals surface area (Å²) in [6.45, 7) is 6.51. The highest BCUT2D eigenvalue weighted by Crippen LogP contribution is 2.43. The van der Waals surface area contributed by atoms with Gasteiger partial charge in [0.15, 0.2) is 0 Å². The number of ether oxygens (including phenoxy) is 4. The van der Waals surface area contributed by atoms with Crippen molar-refractivity contribution in [2.45, 2.75) is 166 Å². The number of halogens is 1. The van der Waals surface area contributed by atoms with E-state index in [1.165, 1.54) is 91.1 Å². The molecule has 65 heavy (non-hydrogen) atoms. The number of piperidine rings is 2. The Morgan fingerprint density at radius 1 is 0.585 bits per heavy atom. The van der Waals surface area contributed by atoms with Crippen molar-refractivity contribution >= 4 is 56.1 Å². The molecule has 4 heterocycles. The maximum absolute atomic E-state index is 12.0. The number of nitriles is 1. The van der Waals surface area contributed by atoms with Gasteiger partial charge in [0.2, 0.25) is 0 Å². The van der Waals surface area contributed by atoms with Crippen molar-refractivity contribution in [1.82, 2.24) is 9.80 Å². The van der Waals surface area contributed by atoms with E-state index in [2.05, 4.69) is 107 Å². The number of nitrogens with zero attached hydrogens (tertiary/aromatic N) is 3. The fourth-order valence-corrected chi connectivity index (χ4v) is 13.2. The Hall–Kier alpha value is -3.92. The summed E-state index contributed by atoms with van der Waals surface area (Å²) in [6, 6.07) is 26.1. The zero-order valence-corrected chi connectivity index (χ0v) is 41.1. The van der Waals surface area contributed by atoms with Crippen LogP contribution in [0, 0.1) is 38.6 Å². The van der Waals surface area contributed by atoms with Gasteiger partial charge in [0.25, 0.3) is 0 Å². The van der Waals surface area contributed by atoms with Gasteiger partial charge in [-0.1, -0.05) is 50.2 Å². The molecule has 4 aliphatic heterocycles. The molecule has 10 rings (SSSR count). The van der Waals surface area contributed by atoms with Gasteiger partial charge in [0.1, 0.15) is 23.1 Å². The first-order chi connectivity index (χ1) is 31.6. The Morgan fingerprint density at radius 2 is 1.00 bits per heavy atom. The molecule has 4 unspecified atom stereocenters. The fraction of sp³-hybridized carbons (Fsp3) is 0.582. The van der Waals surface area contributed by atoms with E-state index in [9.17, 15) is 14.9 Å². The minimum Gasteiger partial charge on any atom is -0.489 e. The lowest BCUT2D eigenvalue weighted by Crippen LogP contribution is -2.44. The molecule has 4 saturated heterocycles. The van der Waals surface area contributed by atoms with Gasteiger partial charge in [0, 0.05) is 42.6 Å². The molecule has 2 saturated carbocycles. The van der Waals surface area contributed by atoms with Crippen molar-refractivity contribution in [3.63, 3.8) is 0 Å². The van der Waals surface area contributed by atoms with E-state index in [-0.39, 0.29) is 29.9 Å². The average Bonchev–Trinajstić information content (AvgIpc) is 3.67. The summed E-state index contributed by atoms with van der Waals surface area (Å²) in [4.78, 5) is 29.3. The highest BCUT2D eigenvalue weighted by Gasteiger charge is 2.44. The highest BCUT2D eigenvalue weighted by atomic mass is 127. The molecule has 0 N–H and O–H groups in total. The minimum absolute atomic E-state index is 0.0254. The predicted octanol–water partition coefficient (Wildman–Crippen LogP) is 11.9. The van der Waals surface area contributed by atoms with Gasteiger partial charge in [0.05, 0.1) is 41.8 Å². The van der Waals surface area contributed by atoms with Crippen molar-refractivity contribution in [1.29, 1.82) is 5.26 Å². The molecule has 9 nitrogen and oxygen atoms in total. The topological polar surface area (TPSA) is 101 Å². The van der Waals surface area contributed by atoms with Crippen LogP contribution >= 0.6 is 22.6 Å². The Balaban J connectivity index is 0.000000164. The van der Waals surface area contributed by atoms with Gasteiger partial charge in [-0.3, -0.25) is 19.4 Å². The quantitative estimate of drug-likeness (QED) is 0.114. The molecule has 2 aliphatic carbocycles. The van der Waals surface area contributed by atoms with E-state index < -0.39 is 0 Å². The molecule has 10 heteroatoms. The van der Waals surface area contributed by atoms with Crippen molar-refractivity contribution in [2.24, 2.45) is 23.7 Å². The smallest absolute Gasteiger partial charge is 0.308 e. The van der Waals surface area contributed by atoms with E-state index >= 15 is 0 Å². The molecular formula is C55H68IN3O6. The van der Waals surface area contributed by atoms with Crippen LogP contribution in [-0.4, -0.2) is 72.3 Å². The van der Waals surface area contributed by atoms with Crippen LogP contribution in [0.15, 0.2) is 60.7 Å². The second-order valence-electron chi connectivity index (χ2n) is 20.5. The Kier molecular flexibility index (Phi) is 14.6. The number of benzene rings is 4. The standard InChI is InChI=1S/C28H34N2O3.C27H34INO3/c1-18-3-9-24(10-4-18)33-27-12-6-20-13-19(5-11-25(20)26(27)16-29)17-30-22-7-8-23(30)15-21(14-22)28(31)32-2;1-17-3-9-23(10-4-17)32-25-12-6-19-13-18(5-11-24(19)26(25)28)16-29-21-7-8-22(29)15-20(14-21)27(30)31-2/h5-6,11-13,18,21-24H,3-4,7-10,14-15,17H2,1-2H3;5-6,11-13,17,20-23H,3-4,7-10,14-16H2,1-2H3. The average molecular weight is 994 g/mol. The van der Waals surface area contributed by atoms with Crippen LogP contribution in [0.2, 0.25) is 0 Å². The molecule has 0 spiro atoms.